The first-order valence-electron chi connectivity index (χ1n) is 23.5. The molecule has 1 rings (SSSR count). The molecule has 0 spiro atoms. The highest BCUT2D eigenvalue weighted by Gasteiger charge is 2.44. The number of ether oxygens (including phenoxy) is 3. The summed E-state index contributed by atoms with van der Waals surface area (Å²) in [5.74, 6) is -4.76. The molecule has 0 aliphatic carbocycles. The Bertz CT molecular complexity index is 1860. The van der Waals surface area contributed by atoms with Gasteiger partial charge in [-0.15, -0.1) is 0 Å². The van der Waals surface area contributed by atoms with Gasteiger partial charge in [0.25, 0.3) is 11.8 Å². The van der Waals surface area contributed by atoms with Crippen molar-refractivity contribution >= 4 is 65.1 Å². The van der Waals surface area contributed by atoms with Gasteiger partial charge in [-0.3, -0.25) is 49.0 Å². The number of primary amides is 1. The van der Waals surface area contributed by atoms with Crippen molar-refractivity contribution in [3.8, 4) is 5.75 Å². The van der Waals surface area contributed by atoms with Crippen LogP contribution in [0.5, 0.6) is 5.75 Å². The van der Waals surface area contributed by atoms with Gasteiger partial charge in [-0.2, -0.15) is 0 Å². The number of nitrogens with zero attached hydrogens (tertiary/aromatic N) is 4. The first-order chi connectivity index (χ1) is 31.5. The number of aldehydes is 1. The number of amides is 7. The van der Waals surface area contributed by atoms with E-state index in [-0.39, 0.29) is 54.6 Å². The number of benzene rings is 1. The van der Waals surface area contributed by atoms with E-state index < -0.39 is 95.9 Å². The average Bonchev–Trinajstić information content (AvgIpc) is 3.23. The van der Waals surface area contributed by atoms with Crippen LogP contribution in [0.1, 0.15) is 115 Å². The summed E-state index contributed by atoms with van der Waals surface area (Å²) in [7, 11) is 5.78. The molecule has 7 amide bonds. The largest absolute Gasteiger partial charge is 0.453 e. The number of rotatable bonds is 28. The minimum atomic E-state index is -1.73. The maximum Gasteiger partial charge on any atom is 0.358 e. The van der Waals surface area contributed by atoms with Gasteiger partial charge >= 0.3 is 5.24 Å². The molecular formula is C49H81N7O11S. The summed E-state index contributed by atoms with van der Waals surface area (Å²) in [6.07, 6.45) is -1.96. The minimum Gasteiger partial charge on any atom is -0.453 e. The molecule has 0 saturated heterocycles. The number of nitrogens with one attached hydrogen (secondary N) is 2. The second-order valence-electron chi connectivity index (χ2n) is 19.9. The third kappa shape index (κ3) is 19.5. The number of nitrogens with two attached hydrogens (primary N) is 1. The molecule has 19 heteroatoms. The van der Waals surface area contributed by atoms with Crippen LogP contribution in [-0.4, -0.2) is 149 Å². The van der Waals surface area contributed by atoms with E-state index in [0.717, 1.165) is 0 Å². The van der Waals surface area contributed by atoms with Crippen molar-refractivity contribution in [1.82, 2.24) is 30.2 Å². The summed E-state index contributed by atoms with van der Waals surface area (Å²) >= 11 is 5.19. The van der Waals surface area contributed by atoms with Crippen molar-refractivity contribution in [2.45, 2.75) is 157 Å². The molecule has 1 aromatic rings. The van der Waals surface area contributed by atoms with Gasteiger partial charge in [0.2, 0.25) is 29.5 Å². The predicted octanol–water partition coefficient (Wildman–Crippen LogP) is 4.31. The quantitative estimate of drug-likeness (QED) is 0.0605. The Kier molecular flexibility index (Phi) is 25.5. The fraction of sp³-hybridized carbons (Fsp3) is 0.694. The molecule has 0 radical (unpaired) electrons. The van der Waals surface area contributed by atoms with E-state index in [9.17, 15) is 38.4 Å². The molecule has 7 atom stereocenters. The Balaban J connectivity index is 3.35. The summed E-state index contributed by atoms with van der Waals surface area (Å²) in [5, 5.41) is 5.42. The van der Waals surface area contributed by atoms with E-state index in [1.165, 1.54) is 54.7 Å². The molecule has 4 N–H and O–H groups in total. The topological polar surface area (TPSA) is 227 Å². The Morgan fingerprint density at radius 3 is 1.74 bits per heavy atom. The number of thiocarbonyl (C=S) groups is 1. The minimum absolute atomic E-state index is 0.0561. The molecule has 0 heterocycles. The van der Waals surface area contributed by atoms with Crippen LogP contribution in [-0.2, 0) is 47.8 Å². The van der Waals surface area contributed by atoms with Gasteiger partial charge in [-0.25, -0.2) is 0 Å². The van der Waals surface area contributed by atoms with Crippen LogP contribution in [0.15, 0.2) is 30.3 Å². The van der Waals surface area contributed by atoms with Crippen LogP contribution in [0.25, 0.3) is 0 Å². The molecule has 0 aliphatic heterocycles. The number of para-hydroxylation sites is 1. The molecular weight excluding hydrogens is 895 g/mol. The van der Waals surface area contributed by atoms with Crippen molar-refractivity contribution in [2.75, 3.05) is 34.7 Å². The summed E-state index contributed by atoms with van der Waals surface area (Å²) < 4.78 is 17.1. The smallest absolute Gasteiger partial charge is 0.358 e. The summed E-state index contributed by atoms with van der Waals surface area (Å²) in [6.45, 7) is 21.1. The molecule has 1 aromatic carbocycles. The Hall–Kier alpha value is -5.01. The highest BCUT2D eigenvalue weighted by atomic mass is 32.1. The van der Waals surface area contributed by atoms with Crippen LogP contribution in [0, 0.1) is 29.6 Å². The van der Waals surface area contributed by atoms with E-state index in [0.29, 0.717) is 18.5 Å². The van der Waals surface area contributed by atoms with Crippen molar-refractivity contribution < 1.29 is 52.6 Å². The van der Waals surface area contributed by atoms with Crippen molar-refractivity contribution in [3.05, 3.63) is 30.3 Å². The fourth-order valence-corrected chi connectivity index (χ4v) is 7.81. The van der Waals surface area contributed by atoms with Gasteiger partial charge in [0.1, 0.15) is 36.1 Å². The number of likely N-dealkylation sites (N-methyl/N-ethyl adjacent to an activating group) is 4. The highest BCUT2D eigenvalue weighted by Crippen LogP contribution is 2.24. The SMILES string of the molecule is CC(C)C[C@H](C(N)=O)N(C)C(=O)[C@H](O[C@@H](C)C(=O)NC(=O)[C@H](CC(C)C)N(C)C(=O)[C@@H](CC(C)C)N[C@@](C=O)(CC(C)C)N(C)C(=O)CN(C)C(=O)C[C@@H](C)OC(=S)Oc1ccccc1)C(C)C. The number of carbonyl (C=O) groups is 8. The van der Waals surface area contributed by atoms with Crippen LogP contribution >= 0.6 is 12.2 Å². The van der Waals surface area contributed by atoms with Gasteiger partial charge in [-0.1, -0.05) is 87.4 Å². The molecule has 0 unspecified atom stereocenters. The molecule has 0 aliphatic rings. The Labute approximate surface area is 410 Å². The molecule has 0 aromatic heterocycles. The number of carbonyl (C=O) groups excluding carboxylic acids is 8. The number of hydrogen-bond donors (Lipinski definition) is 3. The second kappa shape index (κ2) is 28.5. The van der Waals surface area contributed by atoms with E-state index in [2.05, 4.69) is 10.6 Å². The Morgan fingerprint density at radius 1 is 0.721 bits per heavy atom. The molecule has 0 saturated carbocycles. The van der Waals surface area contributed by atoms with Gasteiger partial charge in [0.05, 0.1) is 19.0 Å². The van der Waals surface area contributed by atoms with Crippen molar-refractivity contribution in [1.29, 1.82) is 0 Å². The predicted molar refractivity (Wildman–Crippen MR) is 263 cm³/mol. The summed E-state index contributed by atoms with van der Waals surface area (Å²) in [6, 6.07) is 5.60. The fourth-order valence-electron chi connectivity index (χ4n) is 7.55. The monoisotopic (exact) mass is 976 g/mol. The Morgan fingerprint density at radius 2 is 1.25 bits per heavy atom. The lowest BCUT2D eigenvalue weighted by Gasteiger charge is -2.43. The zero-order chi connectivity index (χ0) is 52.4. The lowest BCUT2D eigenvalue weighted by molar-refractivity contribution is -0.159. The normalized spacial score (nSPS) is 15.1. The molecule has 18 nitrogen and oxygen atoms in total. The summed E-state index contributed by atoms with van der Waals surface area (Å²) in [4.78, 5) is 114. The van der Waals surface area contributed by atoms with Crippen LogP contribution < -0.4 is 21.1 Å². The summed E-state index contributed by atoms with van der Waals surface area (Å²) in [5.41, 5.74) is 3.91. The third-order valence-electron chi connectivity index (χ3n) is 11.3. The van der Waals surface area contributed by atoms with Gasteiger partial charge in [-0.05, 0) is 81.3 Å². The third-order valence-corrected chi connectivity index (χ3v) is 11.5. The average molecular weight is 976 g/mol. The van der Waals surface area contributed by atoms with E-state index >= 15 is 0 Å². The lowest BCUT2D eigenvalue weighted by atomic mass is 9.92. The maximum absolute atomic E-state index is 14.7. The van der Waals surface area contributed by atoms with Crippen LogP contribution in [0.4, 0.5) is 0 Å². The first-order valence-corrected chi connectivity index (χ1v) is 23.9. The van der Waals surface area contributed by atoms with Gasteiger partial charge < -0.3 is 39.5 Å². The second-order valence-corrected chi connectivity index (χ2v) is 20.2. The van der Waals surface area contributed by atoms with E-state index in [1.54, 1.807) is 45.0 Å². The van der Waals surface area contributed by atoms with E-state index in [4.69, 9.17) is 32.2 Å². The van der Waals surface area contributed by atoms with Crippen LogP contribution in [0.2, 0.25) is 0 Å². The maximum atomic E-state index is 14.7. The standard InChI is InChI=1S/C49H81N7O11S/c1-29(2)22-37(52-49(28-57,26-32(7)8)56(16)41(59)27-53(13)40(58)25-34(11)65-48(68)67-36-20-18-17-19-21-36)46(63)55(15)39(24-31(5)6)45(62)51-44(61)35(12)66-42(33(9)10)47(64)54(14)38(43(50)60)23-30(3)4/h17-21,28-35,37-39,42,52H,22-27H2,1-16H3,(H2,50,60)(H,51,61,62)/t34-,35+,37-,38-,39+,42-,49+/m1/s1. The number of hydrogen-bond acceptors (Lipinski definition) is 13. The van der Waals surface area contributed by atoms with Gasteiger partial charge in [0, 0.05) is 40.4 Å². The molecule has 0 fully saturated rings. The highest BCUT2D eigenvalue weighted by molar-refractivity contribution is 7.79. The zero-order valence-corrected chi connectivity index (χ0v) is 44.1. The van der Waals surface area contributed by atoms with Gasteiger partial charge in [0.15, 0.2) is 11.9 Å². The number of imide groups is 1. The van der Waals surface area contributed by atoms with Crippen LogP contribution in [0.3, 0.4) is 0 Å². The zero-order valence-electron chi connectivity index (χ0n) is 43.3. The molecule has 68 heavy (non-hydrogen) atoms. The first kappa shape index (κ1) is 61.0. The molecule has 0 bridgehead atoms. The molecule has 384 valence electrons. The van der Waals surface area contributed by atoms with E-state index in [1.807, 2.05) is 61.5 Å². The van der Waals surface area contributed by atoms with Crippen molar-refractivity contribution in [2.24, 2.45) is 35.3 Å². The lowest BCUT2D eigenvalue weighted by Crippen LogP contribution is -2.67. The van der Waals surface area contributed by atoms with Crippen molar-refractivity contribution in [3.63, 3.8) is 0 Å².